The maximum absolute atomic E-state index is 12.3. The van der Waals surface area contributed by atoms with Crippen molar-refractivity contribution in [3.05, 3.63) is 0 Å². The van der Waals surface area contributed by atoms with Gasteiger partial charge in [-0.05, 0) is 39.2 Å². The molecule has 2 N–H and O–H groups in total. The number of alkyl halides is 3. The number of ether oxygens (including phenoxy) is 1. The lowest BCUT2D eigenvalue weighted by atomic mass is 9.85. The lowest BCUT2D eigenvalue weighted by Gasteiger charge is -2.31. The topological polar surface area (TPSA) is 58.6 Å². The van der Waals surface area contributed by atoms with Gasteiger partial charge in [0, 0.05) is 6.61 Å². The van der Waals surface area contributed by atoms with Gasteiger partial charge in [0.1, 0.15) is 5.54 Å². The van der Waals surface area contributed by atoms with E-state index in [9.17, 15) is 23.1 Å². The molecule has 1 aliphatic rings. The number of nitrogens with one attached hydrogen (secondary N) is 1. The Morgan fingerprint density at radius 1 is 1.58 bits per heavy atom. The van der Waals surface area contributed by atoms with Crippen LogP contribution in [0.1, 0.15) is 32.6 Å². The van der Waals surface area contributed by atoms with Gasteiger partial charge in [0.15, 0.2) is 6.10 Å². The largest absolute Gasteiger partial charge is 0.480 e. The van der Waals surface area contributed by atoms with Crippen LogP contribution in [0, 0.1) is 5.92 Å². The second kappa shape index (κ2) is 6.09. The fourth-order valence-electron chi connectivity index (χ4n) is 2.67. The van der Waals surface area contributed by atoms with Crippen molar-refractivity contribution in [3.63, 3.8) is 0 Å². The maximum Gasteiger partial charge on any atom is 0.414 e. The molecule has 0 heterocycles. The van der Waals surface area contributed by atoms with E-state index in [1.165, 1.54) is 0 Å². The van der Waals surface area contributed by atoms with E-state index in [0.717, 1.165) is 13.3 Å². The summed E-state index contributed by atoms with van der Waals surface area (Å²) in [6.45, 7) is 0.874. The van der Waals surface area contributed by atoms with Crippen LogP contribution in [0.3, 0.4) is 0 Å². The molecule has 3 unspecified atom stereocenters. The van der Waals surface area contributed by atoms with Crippen LogP contribution in [0.15, 0.2) is 0 Å². The Morgan fingerprint density at radius 3 is 2.68 bits per heavy atom. The molecule has 0 aromatic carbocycles. The molecular weight excluding hydrogens is 263 g/mol. The van der Waals surface area contributed by atoms with Crippen LogP contribution in [0.4, 0.5) is 13.2 Å². The zero-order valence-electron chi connectivity index (χ0n) is 11.1. The molecule has 0 radical (unpaired) electrons. The third-order valence-electron chi connectivity index (χ3n) is 3.94. The minimum Gasteiger partial charge on any atom is -0.480 e. The number of hydrogen-bond acceptors (Lipinski definition) is 3. The van der Waals surface area contributed by atoms with E-state index in [1.54, 1.807) is 7.05 Å². The van der Waals surface area contributed by atoms with Crippen LogP contribution in [-0.4, -0.2) is 42.5 Å². The van der Waals surface area contributed by atoms with Crippen LogP contribution in [-0.2, 0) is 9.53 Å². The fourth-order valence-corrected chi connectivity index (χ4v) is 2.67. The van der Waals surface area contributed by atoms with Gasteiger partial charge in [0.25, 0.3) is 0 Å². The second-order valence-corrected chi connectivity index (χ2v) is 4.96. The van der Waals surface area contributed by atoms with E-state index < -0.39 is 23.8 Å². The number of carboxylic acid groups (broad SMARTS) is 1. The van der Waals surface area contributed by atoms with Gasteiger partial charge < -0.3 is 15.2 Å². The molecule has 19 heavy (non-hydrogen) atoms. The lowest BCUT2D eigenvalue weighted by molar-refractivity contribution is -0.215. The highest BCUT2D eigenvalue weighted by molar-refractivity contribution is 5.79. The first-order valence-electron chi connectivity index (χ1n) is 6.34. The Hall–Kier alpha value is -0.820. The van der Waals surface area contributed by atoms with E-state index in [1.807, 2.05) is 0 Å². The zero-order chi connectivity index (χ0) is 14.7. The Labute approximate surface area is 110 Å². The van der Waals surface area contributed by atoms with Gasteiger partial charge in [-0.3, -0.25) is 4.79 Å². The summed E-state index contributed by atoms with van der Waals surface area (Å²) in [6, 6.07) is 0. The molecule has 1 rings (SSSR count). The molecule has 4 nitrogen and oxygen atoms in total. The van der Waals surface area contributed by atoms with Crippen LogP contribution in [0.25, 0.3) is 0 Å². The van der Waals surface area contributed by atoms with Crippen molar-refractivity contribution in [3.8, 4) is 0 Å². The average Bonchev–Trinajstić information content (AvgIpc) is 2.72. The first kappa shape index (κ1) is 16.2. The van der Waals surface area contributed by atoms with E-state index >= 15 is 0 Å². The number of carbonyl (C=O) groups is 1. The summed E-state index contributed by atoms with van der Waals surface area (Å²) in [7, 11) is 1.58. The van der Waals surface area contributed by atoms with Crippen LogP contribution < -0.4 is 5.32 Å². The molecule has 112 valence electrons. The van der Waals surface area contributed by atoms with E-state index in [0.29, 0.717) is 19.3 Å². The second-order valence-electron chi connectivity index (χ2n) is 4.96. The minimum absolute atomic E-state index is 0.0813. The van der Waals surface area contributed by atoms with Crippen molar-refractivity contribution in [1.82, 2.24) is 5.32 Å². The molecule has 7 heteroatoms. The molecule has 1 fully saturated rings. The molecular formula is C12H20F3NO3. The fraction of sp³-hybridized carbons (Fsp3) is 0.917. The summed E-state index contributed by atoms with van der Waals surface area (Å²) in [4.78, 5) is 11.3. The molecule has 0 amide bonds. The standard InChI is InChI=1S/C12H20F3NO3/c1-8(12(13,14)15)19-7-5-9-4-3-6-11(9,16-2)10(17)18/h8-9,16H,3-7H2,1-2H3,(H,17,18). The molecule has 0 aromatic heterocycles. The van der Waals surface area contributed by atoms with Gasteiger partial charge in [0.05, 0.1) is 0 Å². The van der Waals surface area contributed by atoms with Crippen molar-refractivity contribution in [2.45, 2.75) is 50.4 Å². The predicted octanol–water partition coefficient (Wildman–Crippen LogP) is 2.19. The Balaban J connectivity index is 2.51. The minimum atomic E-state index is -4.37. The van der Waals surface area contributed by atoms with Crippen LogP contribution >= 0.6 is 0 Å². The van der Waals surface area contributed by atoms with Crippen molar-refractivity contribution in [2.75, 3.05) is 13.7 Å². The van der Waals surface area contributed by atoms with Gasteiger partial charge in [-0.25, -0.2) is 0 Å². The van der Waals surface area contributed by atoms with Crippen LogP contribution in [0.2, 0.25) is 0 Å². The monoisotopic (exact) mass is 283 g/mol. The molecule has 0 aromatic rings. The Morgan fingerprint density at radius 2 is 2.21 bits per heavy atom. The molecule has 1 aliphatic carbocycles. The van der Waals surface area contributed by atoms with Gasteiger partial charge in [-0.1, -0.05) is 6.42 Å². The summed E-state index contributed by atoms with van der Waals surface area (Å²) in [5.74, 6) is -1.14. The quantitative estimate of drug-likeness (QED) is 0.784. The highest BCUT2D eigenvalue weighted by Crippen LogP contribution is 2.38. The highest BCUT2D eigenvalue weighted by atomic mass is 19.4. The number of aliphatic carboxylic acids is 1. The number of rotatable bonds is 6. The molecule has 0 bridgehead atoms. The predicted molar refractivity (Wildman–Crippen MR) is 62.9 cm³/mol. The average molecular weight is 283 g/mol. The van der Waals surface area contributed by atoms with Crippen LogP contribution in [0.5, 0.6) is 0 Å². The Kier molecular flexibility index (Phi) is 5.20. The van der Waals surface area contributed by atoms with E-state index in [2.05, 4.69) is 5.32 Å². The summed E-state index contributed by atoms with van der Waals surface area (Å²) in [6.07, 6.45) is -3.93. The first-order chi connectivity index (χ1) is 8.74. The molecule has 0 saturated heterocycles. The van der Waals surface area contributed by atoms with Crippen molar-refractivity contribution in [2.24, 2.45) is 5.92 Å². The smallest absolute Gasteiger partial charge is 0.414 e. The molecule has 1 saturated carbocycles. The van der Waals surface area contributed by atoms with Crippen molar-refractivity contribution < 1.29 is 27.8 Å². The third kappa shape index (κ3) is 3.60. The number of hydrogen-bond donors (Lipinski definition) is 2. The SMILES string of the molecule is CNC1(C(=O)O)CCCC1CCOC(C)C(F)(F)F. The van der Waals surface area contributed by atoms with Gasteiger partial charge in [-0.15, -0.1) is 0 Å². The zero-order valence-corrected chi connectivity index (χ0v) is 11.1. The number of halogens is 3. The first-order valence-corrected chi connectivity index (χ1v) is 6.34. The highest BCUT2D eigenvalue weighted by Gasteiger charge is 2.48. The van der Waals surface area contributed by atoms with Gasteiger partial charge in [0.2, 0.25) is 0 Å². The summed E-state index contributed by atoms with van der Waals surface area (Å²) in [5.41, 5.74) is -1.02. The van der Waals surface area contributed by atoms with Crippen molar-refractivity contribution in [1.29, 1.82) is 0 Å². The summed E-state index contributed by atoms with van der Waals surface area (Å²) in [5, 5.41) is 12.1. The molecule has 3 atom stereocenters. The molecule has 0 aliphatic heterocycles. The Bertz CT molecular complexity index is 322. The van der Waals surface area contributed by atoms with Gasteiger partial charge in [-0.2, -0.15) is 13.2 Å². The summed E-state index contributed by atoms with van der Waals surface area (Å²) < 4.78 is 41.5. The van der Waals surface area contributed by atoms with Gasteiger partial charge >= 0.3 is 12.1 Å². The maximum atomic E-state index is 12.3. The van der Waals surface area contributed by atoms with E-state index in [-0.39, 0.29) is 12.5 Å². The number of carboxylic acids is 1. The lowest BCUT2D eigenvalue weighted by Crippen LogP contribution is -2.53. The van der Waals surface area contributed by atoms with Crippen molar-refractivity contribution >= 4 is 5.97 Å². The third-order valence-corrected chi connectivity index (χ3v) is 3.94. The molecule has 0 spiro atoms. The summed E-state index contributed by atoms with van der Waals surface area (Å²) >= 11 is 0. The normalized spacial score (nSPS) is 29.4. The van der Waals surface area contributed by atoms with E-state index in [4.69, 9.17) is 4.74 Å². The number of likely N-dealkylation sites (N-methyl/N-ethyl adjacent to an activating group) is 1.